The highest BCUT2D eigenvalue weighted by Crippen LogP contribution is 2.22. The van der Waals surface area contributed by atoms with E-state index in [9.17, 15) is 19.2 Å². The van der Waals surface area contributed by atoms with Crippen LogP contribution in [0.1, 0.15) is 23.3 Å². The molecule has 1 atom stereocenters. The van der Waals surface area contributed by atoms with Crippen molar-refractivity contribution in [2.45, 2.75) is 26.8 Å². The van der Waals surface area contributed by atoms with E-state index in [0.29, 0.717) is 17.2 Å². The van der Waals surface area contributed by atoms with E-state index in [4.69, 9.17) is 4.42 Å². The monoisotopic (exact) mass is 475 g/mol. The first kappa shape index (κ1) is 23.9. The molecule has 2 N–H and O–H groups in total. The lowest BCUT2D eigenvalue weighted by molar-refractivity contribution is -0.427. The minimum Gasteiger partial charge on any atom is -0.467 e. The number of benzene rings is 1. The zero-order chi connectivity index (χ0) is 24.9. The zero-order valence-corrected chi connectivity index (χ0v) is 19.6. The fraction of sp³-hybridized carbons (Fsp3) is 0.269. The number of para-hydroxylation sites is 1. The van der Waals surface area contributed by atoms with Crippen LogP contribution in [0.2, 0.25) is 0 Å². The van der Waals surface area contributed by atoms with Crippen LogP contribution in [0, 0.1) is 19.8 Å². The molecule has 2 aromatic rings. The molecular formula is C26H27N4O5+. The number of urea groups is 1. The number of rotatable bonds is 8. The number of hydrogen-bond acceptors (Lipinski definition) is 5. The molecule has 9 heteroatoms. The molecule has 5 amide bonds. The molecule has 0 saturated carbocycles. The van der Waals surface area contributed by atoms with Crippen LogP contribution in [-0.4, -0.2) is 52.0 Å². The minimum atomic E-state index is -0.697. The van der Waals surface area contributed by atoms with Crippen molar-refractivity contribution in [2.75, 3.05) is 18.4 Å². The maximum Gasteiger partial charge on any atom is 0.501 e. The highest BCUT2D eigenvalue weighted by molar-refractivity contribution is 6.17. The molecule has 1 aliphatic heterocycles. The second-order valence-corrected chi connectivity index (χ2v) is 8.43. The molecule has 2 aliphatic rings. The van der Waals surface area contributed by atoms with E-state index in [2.05, 4.69) is 10.6 Å². The summed E-state index contributed by atoms with van der Waals surface area (Å²) in [5, 5.41) is 5.59. The van der Waals surface area contributed by atoms with Gasteiger partial charge in [-0.25, -0.2) is 4.79 Å². The third-order valence-corrected chi connectivity index (χ3v) is 5.96. The molecule has 0 bridgehead atoms. The molecular weight excluding hydrogens is 448 g/mol. The standard InChI is InChI=1S/C26H26N4O5/c1-17-7-5-8-18(2)24(17)28-23(32)16-30-21-11-4-3-10-20(21)25(33)29(26(30)34)13-12-22(31)27-15-19-9-6-14-35-19/h3-11,14,20H,12-13,15-16H2,1-2H3,(H-,27,28,31,32)/p+1. The molecule has 180 valence electrons. The van der Waals surface area contributed by atoms with Gasteiger partial charge in [-0.05, 0) is 43.2 Å². The molecule has 35 heavy (non-hydrogen) atoms. The van der Waals surface area contributed by atoms with Crippen molar-refractivity contribution in [1.29, 1.82) is 0 Å². The van der Waals surface area contributed by atoms with E-state index >= 15 is 0 Å². The van der Waals surface area contributed by atoms with Crippen molar-refractivity contribution in [2.24, 2.45) is 5.92 Å². The smallest absolute Gasteiger partial charge is 0.467 e. The lowest BCUT2D eigenvalue weighted by Gasteiger charge is -2.26. The highest BCUT2D eigenvalue weighted by Gasteiger charge is 2.47. The number of hydrogen-bond donors (Lipinski definition) is 2. The Morgan fingerprint density at radius 2 is 1.83 bits per heavy atom. The van der Waals surface area contributed by atoms with Crippen LogP contribution in [0.4, 0.5) is 10.5 Å². The van der Waals surface area contributed by atoms with E-state index in [1.54, 1.807) is 36.4 Å². The fourth-order valence-electron chi connectivity index (χ4n) is 4.12. The molecule has 2 heterocycles. The van der Waals surface area contributed by atoms with E-state index in [-0.39, 0.29) is 37.9 Å². The molecule has 4 rings (SSSR count). The fourth-order valence-corrected chi connectivity index (χ4v) is 4.12. The van der Waals surface area contributed by atoms with Crippen molar-refractivity contribution in [3.8, 4) is 0 Å². The van der Waals surface area contributed by atoms with Crippen molar-refractivity contribution in [3.05, 3.63) is 77.8 Å². The van der Waals surface area contributed by atoms with Crippen LogP contribution in [0.25, 0.3) is 0 Å². The van der Waals surface area contributed by atoms with E-state index in [1.165, 1.54) is 10.8 Å². The summed E-state index contributed by atoms with van der Waals surface area (Å²) in [4.78, 5) is 52.6. The van der Waals surface area contributed by atoms with Gasteiger partial charge in [0, 0.05) is 5.69 Å². The molecule has 0 spiro atoms. The summed E-state index contributed by atoms with van der Waals surface area (Å²) in [7, 11) is 0. The summed E-state index contributed by atoms with van der Waals surface area (Å²) in [6.07, 6.45) is 8.25. The van der Waals surface area contributed by atoms with Gasteiger partial charge in [-0.1, -0.05) is 36.4 Å². The quantitative estimate of drug-likeness (QED) is 0.570. The molecule has 0 fully saturated rings. The number of nitrogens with zero attached hydrogens (tertiary/aromatic N) is 2. The Hall–Kier alpha value is -4.27. The summed E-state index contributed by atoms with van der Waals surface area (Å²) in [5.41, 5.74) is 2.96. The lowest BCUT2D eigenvalue weighted by atomic mass is 9.94. The Morgan fingerprint density at radius 1 is 1.06 bits per heavy atom. The molecule has 1 aromatic carbocycles. The van der Waals surface area contributed by atoms with Crippen LogP contribution in [0.3, 0.4) is 0 Å². The molecule has 1 unspecified atom stereocenters. The third kappa shape index (κ3) is 5.29. The predicted molar refractivity (Wildman–Crippen MR) is 129 cm³/mol. The van der Waals surface area contributed by atoms with Crippen molar-refractivity contribution in [1.82, 2.24) is 10.2 Å². The van der Waals surface area contributed by atoms with Gasteiger partial charge in [-0.3, -0.25) is 9.59 Å². The summed E-state index contributed by atoms with van der Waals surface area (Å²) in [6.45, 7) is 3.65. The summed E-state index contributed by atoms with van der Waals surface area (Å²) in [5.74, 6) is -1.22. The number of anilines is 1. The normalized spacial score (nSPS) is 17.0. The average molecular weight is 476 g/mol. The van der Waals surface area contributed by atoms with Gasteiger partial charge < -0.3 is 15.1 Å². The van der Waals surface area contributed by atoms with Gasteiger partial charge in [0.1, 0.15) is 23.9 Å². The van der Waals surface area contributed by atoms with Crippen LogP contribution in [0.5, 0.6) is 0 Å². The largest absolute Gasteiger partial charge is 0.501 e. The lowest BCUT2D eigenvalue weighted by Crippen LogP contribution is -2.56. The number of furan rings is 1. The van der Waals surface area contributed by atoms with Gasteiger partial charge in [-0.15, -0.1) is 0 Å². The van der Waals surface area contributed by atoms with E-state index in [0.717, 1.165) is 16.0 Å². The average Bonchev–Trinajstić information content (AvgIpc) is 3.36. The SMILES string of the molecule is Cc1cccc(C)c1NC(=O)C[N+]1=C2C=CC=CC2C(=O)N(CCC(=O)NCc2ccco2)C1=O. The van der Waals surface area contributed by atoms with Crippen LogP contribution in [0.15, 0.2) is 65.3 Å². The molecule has 1 aliphatic carbocycles. The first-order valence-electron chi connectivity index (χ1n) is 11.3. The topological polar surface area (TPSA) is 112 Å². The molecule has 1 aromatic heterocycles. The molecule has 9 nitrogen and oxygen atoms in total. The summed E-state index contributed by atoms with van der Waals surface area (Å²) in [6, 6.07) is 8.52. The van der Waals surface area contributed by atoms with Gasteiger partial charge in [0.15, 0.2) is 6.54 Å². The first-order chi connectivity index (χ1) is 16.8. The van der Waals surface area contributed by atoms with Crippen molar-refractivity contribution >= 4 is 35.2 Å². The second kappa shape index (κ2) is 10.3. The van der Waals surface area contributed by atoms with E-state index < -0.39 is 17.9 Å². The number of fused-ring (bicyclic) bond motifs is 1. The van der Waals surface area contributed by atoms with Crippen LogP contribution < -0.4 is 10.6 Å². The number of nitrogens with one attached hydrogen (secondary N) is 2. The van der Waals surface area contributed by atoms with Crippen LogP contribution >= 0.6 is 0 Å². The Bertz CT molecular complexity index is 1240. The summed E-state index contributed by atoms with van der Waals surface area (Å²) >= 11 is 0. The zero-order valence-electron chi connectivity index (χ0n) is 19.6. The first-order valence-corrected chi connectivity index (χ1v) is 11.3. The van der Waals surface area contributed by atoms with Gasteiger partial charge in [0.2, 0.25) is 5.91 Å². The van der Waals surface area contributed by atoms with Crippen LogP contribution in [-0.2, 0) is 20.9 Å². The Labute approximate surface area is 202 Å². The highest BCUT2D eigenvalue weighted by atomic mass is 16.3. The van der Waals surface area contributed by atoms with Gasteiger partial charge in [-0.2, -0.15) is 14.3 Å². The predicted octanol–water partition coefficient (Wildman–Crippen LogP) is 2.70. The Balaban J connectivity index is 1.47. The Kier molecular flexibility index (Phi) is 7.05. The summed E-state index contributed by atoms with van der Waals surface area (Å²) < 4.78 is 6.49. The second-order valence-electron chi connectivity index (χ2n) is 8.43. The molecule has 0 radical (unpaired) electrons. The number of imide groups is 1. The number of carbonyl (C=O) groups excluding carboxylic acids is 4. The maximum absolute atomic E-state index is 13.3. The number of allylic oxidation sites excluding steroid dienone is 3. The third-order valence-electron chi connectivity index (χ3n) is 5.96. The minimum absolute atomic E-state index is 0.0672. The van der Waals surface area contributed by atoms with Gasteiger partial charge in [0.05, 0.1) is 19.2 Å². The maximum atomic E-state index is 13.3. The van der Waals surface area contributed by atoms with Crippen molar-refractivity contribution < 1.29 is 28.2 Å². The molecule has 0 saturated heterocycles. The van der Waals surface area contributed by atoms with Crippen molar-refractivity contribution in [3.63, 3.8) is 0 Å². The Morgan fingerprint density at radius 3 is 2.54 bits per heavy atom. The number of aryl methyl sites for hydroxylation is 2. The number of amides is 5. The number of carbonyl (C=O) groups is 4. The van der Waals surface area contributed by atoms with Gasteiger partial charge in [0.25, 0.3) is 5.91 Å². The van der Waals surface area contributed by atoms with Gasteiger partial charge >= 0.3 is 11.9 Å². The van der Waals surface area contributed by atoms with E-state index in [1.807, 2.05) is 32.0 Å².